The molecule has 0 aromatic heterocycles. The molecule has 0 atom stereocenters. The summed E-state index contributed by atoms with van der Waals surface area (Å²) in [6.45, 7) is 0.964. The van der Waals surface area contributed by atoms with Gasteiger partial charge in [0.25, 0.3) is 11.7 Å². The third-order valence-electron chi connectivity index (χ3n) is 4.11. The monoisotopic (exact) mass is 274 g/mol. The van der Waals surface area contributed by atoms with Crippen LogP contribution in [0.4, 0.5) is 11.4 Å². The molecule has 1 aliphatic heterocycles. The van der Waals surface area contributed by atoms with Crippen molar-refractivity contribution in [3.63, 3.8) is 0 Å². The van der Waals surface area contributed by atoms with Gasteiger partial charge in [0.1, 0.15) is 0 Å². The molecule has 0 unspecified atom stereocenters. The second-order valence-corrected chi connectivity index (χ2v) is 5.37. The lowest BCUT2D eigenvalue weighted by atomic mass is 9.90. The van der Waals surface area contributed by atoms with Crippen molar-refractivity contribution in [3.8, 4) is 0 Å². The van der Waals surface area contributed by atoms with Gasteiger partial charge in [0.2, 0.25) is 0 Å². The average molecular weight is 274 g/mol. The van der Waals surface area contributed by atoms with E-state index >= 15 is 0 Å². The van der Waals surface area contributed by atoms with E-state index in [0.29, 0.717) is 17.3 Å². The third-order valence-corrected chi connectivity index (χ3v) is 4.11. The standard InChI is InChI=1S/C15H18N2O3/c18-8-2-7-17(10-3-1-4-10)11-5-6-12-13(9-11)16-15(20)14(12)19/h5-6,9-10,18H,1-4,7-8H2,(H,16,19,20). The number of carbonyl (C=O) groups excluding carboxylic acids is 2. The van der Waals surface area contributed by atoms with Crippen molar-refractivity contribution in [1.29, 1.82) is 0 Å². The topological polar surface area (TPSA) is 69.6 Å². The summed E-state index contributed by atoms with van der Waals surface area (Å²) >= 11 is 0. The third kappa shape index (κ3) is 2.18. The molecule has 20 heavy (non-hydrogen) atoms. The molecule has 0 bridgehead atoms. The smallest absolute Gasteiger partial charge is 0.296 e. The van der Waals surface area contributed by atoms with Crippen LogP contribution in [0.1, 0.15) is 36.0 Å². The van der Waals surface area contributed by atoms with Gasteiger partial charge in [-0.2, -0.15) is 0 Å². The first-order chi connectivity index (χ1) is 9.70. The Morgan fingerprint density at radius 3 is 2.75 bits per heavy atom. The number of benzene rings is 1. The van der Waals surface area contributed by atoms with E-state index in [-0.39, 0.29) is 6.61 Å². The van der Waals surface area contributed by atoms with Crippen LogP contribution in [0.15, 0.2) is 18.2 Å². The Kier molecular flexibility index (Phi) is 3.44. The quantitative estimate of drug-likeness (QED) is 0.800. The van der Waals surface area contributed by atoms with Crippen molar-refractivity contribution in [2.24, 2.45) is 0 Å². The summed E-state index contributed by atoms with van der Waals surface area (Å²) in [5.74, 6) is -1.01. The van der Waals surface area contributed by atoms with Crippen LogP contribution in [-0.2, 0) is 4.79 Å². The van der Waals surface area contributed by atoms with Gasteiger partial charge in [-0.25, -0.2) is 0 Å². The number of nitrogens with zero attached hydrogens (tertiary/aromatic N) is 1. The largest absolute Gasteiger partial charge is 0.396 e. The summed E-state index contributed by atoms with van der Waals surface area (Å²) in [6, 6.07) is 5.99. The summed E-state index contributed by atoms with van der Waals surface area (Å²) in [5, 5.41) is 11.6. The van der Waals surface area contributed by atoms with Gasteiger partial charge in [0, 0.05) is 24.9 Å². The van der Waals surface area contributed by atoms with Crippen LogP contribution < -0.4 is 10.2 Å². The van der Waals surface area contributed by atoms with Crippen molar-refractivity contribution >= 4 is 23.1 Å². The molecule has 0 radical (unpaired) electrons. The number of anilines is 2. The van der Waals surface area contributed by atoms with Crippen molar-refractivity contribution in [3.05, 3.63) is 23.8 Å². The van der Waals surface area contributed by atoms with Crippen LogP contribution in [0, 0.1) is 0 Å². The molecule has 106 valence electrons. The van der Waals surface area contributed by atoms with Crippen LogP contribution in [0.25, 0.3) is 0 Å². The summed E-state index contributed by atoms with van der Waals surface area (Å²) in [7, 11) is 0. The number of nitrogens with one attached hydrogen (secondary N) is 1. The lowest BCUT2D eigenvalue weighted by molar-refractivity contribution is -0.112. The zero-order valence-electron chi connectivity index (χ0n) is 11.3. The number of ketones is 1. The van der Waals surface area contributed by atoms with Crippen LogP contribution in [0.3, 0.4) is 0 Å². The van der Waals surface area contributed by atoms with Crippen LogP contribution in [-0.4, -0.2) is 36.0 Å². The van der Waals surface area contributed by atoms with Gasteiger partial charge >= 0.3 is 0 Å². The maximum Gasteiger partial charge on any atom is 0.296 e. The molecule has 0 saturated heterocycles. The predicted octanol–water partition coefficient (Wildman–Crippen LogP) is 1.56. The Bertz CT molecular complexity index is 552. The molecule has 1 heterocycles. The molecule has 1 aromatic rings. The predicted molar refractivity (Wildman–Crippen MR) is 76.1 cm³/mol. The minimum absolute atomic E-state index is 0.170. The molecule has 1 saturated carbocycles. The van der Waals surface area contributed by atoms with E-state index in [1.807, 2.05) is 12.1 Å². The number of hydrogen-bond acceptors (Lipinski definition) is 4. The number of Topliss-reactive ketones (excluding diaryl/α,β-unsaturated/α-hetero) is 1. The molecule has 1 aliphatic carbocycles. The molecule has 1 fully saturated rings. The first-order valence-electron chi connectivity index (χ1n) is 7.08. The van der Waals surface area contributed by atoms with Gasteiger partial charge in [-0.05, 0) is 43.9 Å². The van der Waals surface area contributed by atoms with E-state index < -0.39 is 11.7 Å². The highest BCUT2D eigenvalue weighted by atomic mass is 16.3. The first-order valence-corrected chi connectivity index (χ1v) is 7.08. The zero-order chi connectivity index (χ0) is 14.1. The fourth-order valence-corrected chi connectivity index (χ4v) is 2.78. The van der Waals surface area contributed by atoms with E-state index in [9.17, 15) is 9.59 Å². The Morgan fingerprint density at radius 2 is 2.10 bits per heavy atom. The first kappa shape index (κ1) is 13.1. The number of hydrogen-bond donors (Lipinski definition) is 2. The summed E-state index contributed by atoms with van der Waals surface area (Å²) in [4.78, 5) is 25.2. The number of carbonyl (C=O) groups is 2. The summed E-state index contributed by atoms with van der Waals surface area (Å²) < 4.78 is 0. The molecule has 0 spiro atoms. The van der Waals surface area contributed by atoms with Gasteiger partial charge < -0.3 is 15.3 Å². The van der Waals surface area contributed by atoms with Crippen LogP contribution >= 0.6 is 0 Å². The fraction of sp³-hybridized carbons (Fsp3) is 0.467. The van der Waals surface area contributed by atoms with Gasteiger partial charge in [-0.3, -0.25) is 9.59 Å². The number of fused-ring (bicyclic) bond motifs is 1. The Morgan fingerprint density at radius 1 is 1.30 bits per heavy atom. The minimum atomic E-state index is -0.553. The summed E-state index contributed by atoms with van der Waals surface area (Å²) in [6.07, 6.45) is 4.28. The molecule has 2 aliphatic rings. The lowest BCUT2D eigenvalue weighted by Gasteiger charge is -2.39. The minimum Gasteiger partial charge on any atom is -0.396 e. The van der Waals surface area contributed by atoms with E-state index in [1.54, 1.807) is 6.07 Å². The molecule has 5 nitrogen and oxygen atoms in total. The van der Waals surface area contributed by atoms with E-state index in [1.165, 1.54) is 6.42 Å². The molecule has 1 aromatic carbocycles. The molecule has 3 rings (SSSR count). The van der Waals surface area contributed by atoms with Crippen molar-refractivity contribution < 1.29 is 14.7 Å². The van der Waals surface area contributed by atoms with Gasteiger partial charge in [-0.1, -0.05) is 0 Å². The zero-order valence-corrected chi connectivity index (χ0v) is 11.3. The lowest BCUT2D eigenvalue weighted by Crippen LogP contribution is -2.41. The fourth-order valence-electron chi connectivity index (χ4n) is 2.78. The second kappa shape index (κ2) is 5.25. The number of rotatable bonds is 5. The number of amides is 1. The maximum absolute atomic E-state index is 11.6. The van der Waals surface area contributed by atoms with E-state index in [0.717, 1.165) is 31.5 Å². The number of aliphatic hydroxyl groups is 1. The molecule has 1 amide bonds. The SMILES string of the molecule is O=C1Nc2cc(N(CCCO)C3CCC3)ccc2C1=O. The van der Waals surface area contributed by atoms with Gasteiger partial charge in [0.15, 0.2) is 0 Å². The highest BCUT2D eigenvalue weighted by Gasteiger charge is 2.30. The van der Waals surface area contributed by atoms with Gasteiger partial charge in [-0.15, -0.1) is 0 Å². The van der Waals surface area contributed by atoms with E-state index in [2.05, 4.69) is 10.2 Å². The molecular formula is C15H18N2O3. The Labute approximate surface area is 117 Å². The molecular weight excluding hydrogens is 256 g/mol. The van der Waals surface area contributed by atoms with E-state index in [4.69, 9.17) is 5.11 Å². The molecule has 5 heteroatoms. The van der Waals surface area contributed by atoms with Crippen LogP contribution in [0.2, 0.25) is 0 Å². The second-order valence-electron chi connectivity index (χ2n) is 5.37. The number of aliphatic hydroxyl groups excluding tert-OH is 1. The normalized spacial score (nSPS) is 17.6. The Balaban J connectivity index is 1.86. The van der Waals surface area contributed by atoms with Crippen LogP contribution in [0.5, 0.6) is 0 Å². The molecule has 2 N–H and O–H groups in total. The Hall–Kier alpha value is -1.88. The van der Waals surface area contributed by atoms with Crippen molar-refractivity contribution in [1.82, 2.24) is 0 Å². The average Bonchev–Trinajstić information content (AvgIpc) is 2.67. The van der Waals surface area contributed by atoms with Gasteiger partial charge in [0.05, 0.1) is 11.3 Å². The highest BCUT2D eigenvalue weighted by Crippen LogP contribution is 2.33. The maximum atomic E-state index is 11.6. The summed E-state index contributed by atoms with van der Waals surface area (Å²) in [5.41, 5.74) is 2.07. The van der Waals surface area contributed by atoms with Crippen molar-refractivity contribution in [2.75, 3.05) is 23.4 Å². The highest BCUT2D eigenvalue weighted by molar-refractivity contribution is 6.51. The van der Waals surface area contributed by atoms with Crippen molar-refractivity contribution in [2.45, 2.75) is 31.7 Å².